The molecular formula is C15H19N3O3S. The van der Waals surface area contributed by atoms with Crippen LogP contribution in [0.2, 0.25) is 0 Å². The predicted octanol–water partition coefficient (Wildman–Crippen LogP) is 1.70. The summed E-state index contributed by atoms with van der Waals surface area (Å²) in [5.74, 6) is 0.868. The predicted molar refractivity (Wildman–Crippen MR) is 82.5 cm³/mol. The topological polar surface area (TPSA) is 89.4 Å². The van der Waals surface area contributed by atoms with Crippen molar-refractivity contribution in [2.24, 2.45) is 11.7 Å². The standard InChI is InChI=1S/C15H19N3O3S/c16-11-12-6-9-18(10-7-12)22(19,20)15-4-2-1-3-13(15)14-5-8-17-21-14/h1-5,8,12H,6-7,9-11,16H2. The summed E-state index contributed by atoms with van der Waals surface area (Å²) >= 11 is 0. The van der Waals surface area contributed by atoms with E-state index in [1.807, 2.05) is 0 Å². The van der Waals surface area contributed by atoms with Crippen molar-refractivity contribution in [2.75, 3.05) is 19.6 Å². The van der Waals surface area contributed by atoms with Gasteiger partial charge in [-0.2, -0.15) is 4.31 Å². The molecule has 6 nitrogen and oxygen atoms in total. The van der Waals surface area contributed by atoms with Crippen LogP contribution in [0.4, 0.5) is 0 Å². The highest BCUT2D eigenvalue weighted by atomic mass is 32.2. The van der Waals surface area contributed by atoms with Gasteiger partial charge < -0.3 is 10.3 Å². The lowest BCUT2D eigenvalue weighted by Crippen LogP contribution is -2.40. The molecule has 118 valence electrons. The largest absolute Gasteiger partial charge is 0.356 e. The van der Waals surface area contributed by atoms with Crippen LogP contribution in [-0.4, -0.2) is 37.5 Å². The molecular weight excluding hydrogens is 302 g/mol. The lowest BCUT2D eigenvalue weighted by molar-refractivity contribution is 0.278. The molecule has 0 radical (unpaired) electrons. The van der Waals surface area contributed by atoms with Crippen molar-refractivity contribution in [1.82, 2.24) is 9.46 Å². The molecule has 0 atom stereocenters. The average Bonchev–Trinajstić information content (AvgIpc) is 3.09. The number of nitrogens with two attached hydrogens (primary N) is 1. The van der Waals surface area contributed by atoms with Gasteiger partial charge >= 0.3 is 0 Å². The Morgan fingerprint density at radius 2 is 1.95 bits per heavy atom. The van der Waals surface area contributed by atoms with Gasteiger partial charge in [-0.15, -0.1) is 0 Å². The maximum atomic E-state index is 12.9. The number of sulfonamides is 1. The van der Waals surface area contributed by atoms with Gasteiger partial charge in [-0.05, 0) is 37.4 Å². The van der Waals surface area contributed by atoms with Crippen LogP contribution in [-0.2, 0) is 10.0 Å². The summed E-state index contributed by atoms with van der Waals surface area (Å²) in [5, 5.41) is 3.66. The van der Waals surface area contributed by atoms with Crippen molar-refractivity contribution in [1.29, 1.82) is 0 Å². The third kappa shape index (κ3) is 2.79. The molecule has 1 aromatic carbocycles. The molecule has 0 bridgehead atoms. The summed E-state index contributed by atoms with van der Waals surface area (Å²) in [6.45, 7) is 1.63. The van der Waals surface area contributed by atoms with Gasteiger partial charge in [0.25, 0.3) is 0 Å². The Hall–Kier alpha value is -1.70. The van der Waals surface area contributed by atoms with Crippen molar-refractivity contribution in [3.63, 3.8) is 0 Å². The summed E-state index contributed by atoms with van der Waals surface area (Å²) in [7, 11) is -3.55. The summed E-state index contributed by atoms with van der Waals surface area (Å²) < 4.78 is 32.5. The van der Waals surface area contributed by atoms with E-state index in [0.29, 0.717) is 36.9 Å². The normalized spacial score (nSPS) is 17.7. The first-order chi connectivity index (χ1) is 10.6. The van der Waals surface area contributed by atoms with Crippen molar-refractivity contribution in [3.8, 4) is 11.3 Å². The molecule has 2 N–H and O–H groups in total. The third-order valence-electron chi connectivity index (χ3n) is 4.11. The minimum absolute atomic E-state index is 0.262. The molecule has 0 amide bonds. The molecule has 1 fully saturated rings. The third-order valence-corrected chi connectivity index (χ3v) is 6.07. The number of rotatable bonds is 4. The smallest absolute Gasteiger partial charge is 0.243 e. The Balaban J connectivity index is 1.94. The van der Waals surface area contributed by atoms with E-state index in [0.717, 1.165) is 12.8 Å². The van der Waals surface area contributed by atoms with Crippen LogP contribution in [0.15, 0.2) is 45.9 Å². The number of piperidine rings is 1. The van der Waals surface area contributed by atoms with Gasteiger partial charge in [0.2, 0.25) is 10.0 Å². The second-order valence-corrected chi connectivity index (χ2v) is 7.36. The second kappa shape index (κ2) is 6.20. The van der Waals surface area contributed by atoms with E-state index in [9.17, 15) is 8.42 Å². The Morgan fingerprint density at radius 1 is 1.23 bits per heavy atom. The molecule has 1 aliphatic rings. The molecule has 3 rings (SSSR count). The fourth-order valence-electron chi connectivity index (χ4n) is 2.77. The molecule has 0 saturated carbocycles. The lowest BCUT2D eigenvalue weighted by Gasteiger charge is -2.30. The van der Waals surface area contributed by atoms with E-state index < -0.39 is 10.0 Å². The minimum Gasteiger partial charge on any atom is -0.356 e. The van der Waals surface area contributed by atoms with E-state index in [4.69, 9.17) is 10.3 Å². The van der Waals surface area contributed by atoms with E-state index in [-0.39, 0.29) is 4.90 Å². The molecule has 0 spiro atoms. The van der Waals surface area contributed by atoms with E-state index in [1.54, 1.807) is 30.3 Å². The molecule has 0 aliphatic carbocycles. The van der Waals surface area contributed by atoms with Crippen LogP contribution < -0.4 is 5.73 Å². The van der Waals surface area contributed by atoms with E-state index in [1.165, 1.54) is 10.5 Å². The quantitative estimate of drug-likeness (QED) is 0.926. The zero-order valence-corrected chi connectivity index (χ0v) is 13.0. The molecule has 1 aromatic heterocycles. The zero-order chi connectivity index (χ0) is 15.6. The highest BCUT2D eigenvalue weighted by molar-refractivity contribution is 7.89. The van der Waals surface area contributed by atoms with Crippen LogP contribution in [0.3, 0.4) is 0 Å². The summed E-state index contributed by atoms with van der Waals surface area (Å²) in [6.07, 6.45) is 3.12. The SMILES string of the molecule is NCC1CCN(S(=O)(=O)c2ccccc2-c2ccno2)CC1. The number of nitrogens with zero attached hydrogens (tertiary/aromatic N) is 2. The van der Waals surface area contributed by atoms with Crippen LogP contribution in [0.1, 0.15) is 12.8 Å². The number of hydrogen-bond donors (Lipinski definition) is 1. The van der Waals surface area contributed by atoms with Crippen LogP contribution in [0, 0.1) is 5.92 Å². The average molecular weight is 321 g/mol. The van der Waals surface area contributed by atoms with E-state index in [2.05, 4.69) is 5.16 Å². The monoisotopic (exact) mass is 321 g/mol. The van der Waals surface area contributed by atoms with Gasteiger partial charge in [-0.1, -0.05) is 17.3 Å². The van der Waals surface area contributed by atoms with Gasteiger partial charge in [-0.25, -0.2) is 8.42 Å². The van der Waals surface area contributed by atoms with Crippen molar-refractivity contribution >= 4 is 10.0 Å². The minimum atomic E-state index is -3.55. The van der Waals surface area contributed by atoms with Gasteiger partial charge in [0.1, 0.15) is 0 Å². The first kappa shape index (κ1) is 15.2. The molecule has 7 heteroatoms. The van der Waals surface area contributed by atoms with Gasteiger partial charge in [-0.3, -0.25) is 0 Å². The molecule has 1 aliphatic heterocycles. The maximum Gasteiger partial charge on any atom is 0.243 e. The molecule has 2 heterocycles. The number of aromatic nitrogens is 1. The summed E-state index contributed by atoms with van der Waals surface area (Å²) in [6, 6.07) is 8.52. The van der Waals surface area contributed by atoms with Crippen LogP contribution in [0.25, 0.3) is 11.3 Å². The van der Waals surface area contributed by atoms with Gasteiger partial charge in [0, 0.05) is 24.7 Å². The van der Waals surface area contributed by atoms with Crippen LogP contribution in [0.5, 0.6) is 0 Å². The molecule has 22 heavy (non-hydrogen) atoms. The Morgan fingerprint density at radius 3 is 2.59 bits per heavy atom. The fraction of sp³-hybridized carbons (Fsp3) is 0.400. The Kier molecular flexibility index (Phi) is 4.28. The summed E-state index contributed by atoms with van der Waals surface area (Å²) in [4.78, 5) is 0.262. The van der Waals surface area contributed by atoms with Crippen LogP contribution >= 0.6 is 0 Å². The zero-order valence-electron chi connectivity index (χ0n) is 12.2. The lowest BCUT2D eigenvalue weighted by atomic mass is 9.99. The maximum absolute atomic E-state index is 12.9. The number of hydrogen-bond acceptors (Lipinski definition) is 5. The molecule has 1 saturated heterocycles. The van der Waals surface area contributed by atoms with Crippen molar-refractivity contribution in [2.45, 2.75) is 17.7 Å². The Bertz CT molecular complexity index is 720. The molecule has 2 aromatic rings. The highest BCUT2D eigenvalue weighted by Crippen LogP contribution is 2.31. The Labute approximate surface area is 129 Å². The van der Waals surface area contributed by atoms with Crippen molar-refractivity contribution < 1.29 is 12.9 Å². The fourth-order valence-corrected chi connectivity index (χ4v) is 4.44. The first-order valence-corrected chi connectivity index (χ1v) is 8.77. The van der Waals surface area contributed by atoms with Crippen molar-refractivity contribution in [3.05, 3.63) is 36.5 Å². The van der Waals surface area contributed by atoms with Gasteiger partial charge in [0.15, 0.2) is 5.76 Å². The van der Waals surface area contributed by atoms with Gasteiger partial charge in [0.05, 0.1) is 11.1 Å². The first-order valence-electron chi connectivity index (χ1n) is 7.33. The highest BCUT2D eigenvalue weighted by Gasteiger charge is 2.31. The molecule has 0 unspecified atom stereocenters. The summed E-state index contributed by atoms with van der Waals surface area (Å²) in [5.41, 5.74) is 6.21. The number of benzene rings is 1. The second-order valence-electron chi connectivity index (χ2n) is 5.46. The van der Waals surface area contributed by atoms with E-state index >= 15 is 0 Å².